The monoisotopic (exact) mass is 294 g/mol. The van der Waals surface area contributed by atoms with Crippen molar-refractivity contribution in [1.82, 2.24) is 0 Å². The van der Waals surface area contributed by atoms with Gasteiger partial charge in [-0.2, -0.15) is 0 Å². The van der Waals surface area contributed by atoms with Crippen molar-refractivity contribution >= 4 is 5.57 Å². The van der Waals surface area contributed by atoms with Gasteiger partial charge >= 0.3 is 0 Å². The molecule has 1 N–H and O–H groups in total. The van der Waals surface area contributed by atoms with E-state index in [4.69, 9.17) is 0 Å². The average molecular weight is 294 g/mol. The van der Waals surface area contributed by atoms with Crippen LogP contribution in [0.15, 0.2) is 66.7 Å². The largest absolute Gasteiger partial charge is 0.388 e. The summed E-state index contributed by atoms with van der Waals surface area (Å²) < 4.78 is 0. The molecule has 2 rings (SSSR count). The van der Waals surface area contributed by atoms with E-state index in [0.717, 1.165) is 30.4 Å². The second kappa shape index (κ2) is 9.22. The van der Waals surface area contributed by atoms with Crippen molar-refractivity contribution in [1.29, 1.82) is 0 Å². The lowest BCUT2D eigenvalue weighted by Gasteiger charge is -2.16. The quantitative estimate of drug-likeness (QED) is 0.659. The number of allylic oxidation sites excluding steroid dienone is 1. The Kier molecular flexibility index (Phi) is 6.92. The fraction of sp³-hybridized carbons (Fsp3) is 0.333. The lowest BCUT2D eigenvalue weighted by Crippen LogP contribution is -2.11. The van der Waals surface area contributed by atoms with Gasteiger partial charge in [0.15, 0.2) is 0 Å². The first-order valence-corrected chi connectivity index (χ1v) is 8.28. The van der Waals surface area contributed by atoms with Crippen LogP contribution < -0.4 is 0 Å². The zero-order chi connectivity index (χ0) is 15.6. The predicted octanol–water partition coefficient (Wildman–Crippen LogP) is 5.25. The summed E-state index contributed by atoms with van der Waals surface area (Å²) in [5.74, 6) is 0. The first kappa shape index (κ1) is 16.5. The predicted molar refractivity (Wildman–Crippen MR) is 94.7 cm³/mol. The lowest BCUT2D eigenvalue weighted by molar-refractivity contribution is 0.222. The van der Waals surface area contributed by atoms with Gasteiger partial charge in [0.25, 0.3) is 0 Å². The lowest BCUT2D eigenvalue weighted by atomic mass is 9.94. The van der Waals surface area contributed by atoms with Crippen LogP contribution in [0.5, 0.6) is 0 Å². The molecule has 1 heteroatoms. The van der Waals surface area contributed by atoms with Gasteiger partial charge in [0.2, 0.25) is 0 Å². The fourth-order valence-electron chi connectivity index (χ4n) is 2.64. The molecule has 1 unspecified atom stereocenters. The van der Waals surface area contributed by atoms with E-state index in [0.29, 0.717) is 0 Å². The molecule has 0 aliphatic carbocycles. The van der Waals surface area contributed by atoms with Crippen LogP contribution in [0.2, 0.25) is 0 Å². The SMILES string of the molecule is CCCC/C=C(\c1ccccc1)C(O)CCc1ccccc1. The Morgan fingerprint density at radius 2 is 1.64 bits per heavy atom. The summed E-state index contributed by atoms with van der Waals surface area (Å²) in [6, 6.07) is 20.6. The standard InChI is InChI=1S/C21H26O/c1-2-3-6-15-20(19-13-9-5-10-14-19)21(22)17-16-18-11-7-4-8-12-18/h4-5,7-15,21-22H,2-3,6,16-17H2,1H3/b20-15+. The summed E-state index contributed by atoms with van der Waals surface area (Å²) in [6.07, 6.45) is 6.86. The molecule has 0 bridgehead atoms. The highest BCUT2D eigenvalue weighted by Crippen LogP contribution is 2.23. The van der Waals surface area contributed by atoms with Crippen LogP contribution >= 0.6 is 0 Å². The van der Waals surface area contributed by atoms with Gasteiger partial charge < -0.3 is 5.11 Å². The van der Waals surface area contributed by atoms with Crippen LogP contribution in [0.25, 0.3) is 5.57 Å². The summed E-state index contributed by atoms with van der Waals surface area (Å²) in [5.41, 5.74) is 3.49. The Labute approximate surface area is 134 Å². The van der Waals surface area contributed by atoms with Gasteiger partial charge in [0, 0.05) is 0 Å². The third kappa shape index (κ3) is 5.16. The van der Waals surface area contributed by atoms with Crippen LogP contribution in [0, 0.1) is 0 Å². The number of hydrogen-bond donors (Lipinski definition) is 1. The Hall–Kier alpha value is -1.86. The number of aliphatic hydroxyl groups excluding tert-OH is 1. The smallest absolute Gasteiger partial charge is 0.0795 e. The number of unbranched alkanes of at least 4 members (excludes halogenated alkanes) is 2. The molecule has 1 atom stereocenters. The molecule has 0 radical (unpaired) electrons. The van der Waals surface area contributed by atoms with E-state index in [2.05, 4.69) is 49.4 Å². The number of rotatable bonds is 8. The van der Waals surface area contributed by atoms with Crippen molar-refractivity contribution in [3.63, 3.8) is 0 Å². The molecule has 0 fully saturated rings. The highest BCUT2D eigenvalue weighted by Gasteiger charge is 2.12. The molecule has 0 saturated heterocycles. The number of hydrogen-bond acceptors (Lipinski definition) is 1. The van der Waals surface area contributed by atoms with E-state index in [1.807, 2.05) is 24.3 Å². The van der Waals surface area contributed by atoms with Crippen molar-refractivity contribution in [3.8, 4) is 0 Å². The molecule has 0 heterocycles. The molecule has 0 spiro atoms. The van der Waals surface area contributed by atoms with Crippen molar-refractivity contribution < 1.29 is 5.11 Å². The summed E-state index contributed by atoms with van der Waals surface area (Å²) in [4.78, 5) is 0. The van der Waals surface area contributed by atoms with Gasteiger partial charge in [0.05, 0.1) is 6.10 Å². The number of aryl methyl sites for hydroxylation is 1. The first-order chi connectivity index (χ1) is 10.8. The van der Waals surface area contributed by atoms with Crippen molar-refractivity contribution in [3.05, 3.63) is 77.9 Å². The average Bonchev–Trinajstić information content (AvgIpc) is 2.58. The van der Waals surface area contributed by atoms with Gasteiger partial charge in [-0.15, -0.1) is 0 Å². The number of benzene rings is 2. The van der Waals surface area contributed by atoms with Crippen molar-refractivity contribution in [2.45, 2.75) is 45.1 Å². The maximum Gasteiger partial charge on any atom is 0.0795 e. The van der Waals surface area contributed by atoms with Gasteiger partial charge in [-0.05, 0) is 36.0 Å². The summed E-state index contributed by atoms with van der Waals surface area (Å²) in [7, 11) is 0. The third-order valence-corrected chi connectivity index (χ3v) is 3.94. The van der Waals surface area contributed by atoms with Gasteiger partial charge in [-0.3, -0.25) is 0 Å². The molecule has 0 aliphatic heterocycles. The normalized spacial score (nSPS) is 13.1. The van der Waals surface area contributed by atoms with Crippen LogP contribution in [0.3, 0.4) is 0 Å². The molecular formula is C21H26O. The van der Waals surface area contributed by atoms with Gasteiger partial charge in [-0.25, -0.2) is 0 Å². The molecule has 0 amide bonds. The van der Waals surface area contributed by atoms with Crippen molar-refractivity contribution in [2.24, 2.45) is 0 Å². The van der Waals surface area contributed by atoms with Crippen LogP contribution in [-0.2, 0) is 6.42 Å². The summed E-state index contributed by atoms with van der Waals surface area (Å²) >= 11 is 0. The van der Waals surface area contributed by atoms with Gasteiger partial charge in [0.1, 0.15) is 0 Å². The molecule has 22 heavy (non-hydrogen) atoms. The zero-order valence-corrected chi connectivity index (χ0v) is 13.4. The Balaban J connectivity index is 2.05. The fourth-order valence-corrected chi connectivity index (χ4v) is 2.64. The molecular weight excluding hydrogens is 268 g/mol. The minimum absolute atomic E-state index is 0.403. The maximum absolute atomic E-state index is 10.7. The van der Waals surface area contributed by atoms with E-state index >= 15 is 0 Å². The molecule has 0 aromatic heterocycles. The van der Waals surface area contributed by atoms with E-state index < -0.39 is 6.10 Å². The molecule has 0 aliphatic rings. The Morgan fingerprint density at radius 1 is 1.00 bits per heavy atom. The second-order valence-corrected chi connectivity index (χ2v) is 5.71. The minimum Gasteiger partial charge on any atom is -0.388 e. The highest BCUT2D eigenvalue weighted by molar-refractivity contribution is 5.68. The zero-order valence-electron chi connectivity index (χ0n) is 13.4. The summed E-state index contributed by atoms with van der Waals surface area (Å²) in [5, 5.41) is 10.7. The van der Waals surface area contributed by atoms with E-state index in [1.165, 1.54) is 18.4 Å². The first-order valence-electron chi connectivity index (χ1n) is 8.28. The molecule has 1 nitrogen and oxygen atoms in total. The maximum atomic E-state index is 10.7. The van der Waals surface area contributed by atoms with Crippen molar-refractivity contribution in [2.75, 3.05) is 0 Å². The topological polar surface area (TPSA) is 20.2 Å². The van der Waals surface area contributed by atoms with E-state index in [9.17, 15) is 5.11 Å². The molecule has 0 saturated carbocycles. The minimum atomic E-state index is -0.403. The number of aliphatic hydroxyl groups is 1. The Bertz CT molecular complexity index is 557. The van der Waals surface area contributed by atoms with Crippen LogP contribution in [0.1, 0.15) is 43.7 Å². The summed E-state index contributed by atoms with van der Waals surface area (Å²) in [6.45, 7) is 2.20. The van der Waals surface area contributed by atoms with E-state index in [1.54, 1.807) is 0 Å². The van der Waals surface area contributed by atoms with Crippen LogP contribution in [0.4, 0.5) is 0 Å². The van der Waals surface area contributed by atoms with E-state index in [-0.39, 0.29) is 0 Å². The molecule has 2 aromatic carbocycles. The highest BCUT2D eigenvalue weighted by atomic mass is 16.3. The molecule has 116 valence electrons. The van der Waals surface area contributed by atoms with Gasteiger partial charge in [-0.1, -0.05) is 86.5 Å². The van der Waals surface area contributed by atoms with Crippen LogP contribution in [-0.4, -0.2) is 11.2 Å². The third-order valence-electron chi connectivity index (χ3n) is 3.94. The second-order valence-electron chi connectivity index (χ2n) is 5.71. The Morgan fingerprint density at radius 3 is 2.27 bits per heavy atom. The molecule has 2 aromatic rings.